The van der Waals surface area contributed by atoms with Crippen LogP contribution in [0.15, 0.2) is 88.7 Å². The lowest BCUT2D eigenvalue weighted by Gasteiger charge is -2.30. The molecule has 0 aliphatic carbocycles. The van der Waals surface area contributed by atoms with Crippen LogP contribution < -0.4 is 19.8 Å². The molecule has 0 bridgehead atoms. The molecular formula is C28H20ClN3O5S2. The Balaban J connectivity index is 1.33. The van der Waals surface area contributed by atoms with Crippen molar-refractivity contribution >= 4 is 63.8 Å². The van der Waals surface area contributed by atoms with Crippen LogP contribution in [-0.2, 0) is 14.4 Å². The van der Waals surface area contributed by atoms with E-state index < -0.39 is 17.1 Å². The van der Waals surface area contributed by atoms with E-state index in [4.69, 9.17) is 16.3 Å². The smallest absolute Gasteiger partial charge is 0.305 e. The van der Waals surface area contributed by atoms with Crippen molar-refractivity contribution in [3.63, 3.8) is 0 Å². The van der Waals surface area contributed by atoms with Gasteiger partial charge in [-0.05, 0) is 42.5 Å². The monoisotopic (exact) mass is 577 g/mol. The zero-order valence-electron chi connectivity index (χ0n) is 20.1. The molecule has 1 saturated heterocycles. The Morgan fingerprint density at radius 1 is 0.949 bits per heavy atom. The minimum atomic E-state index is -0.755. The lowest BCUT2D eigenvalue weighted by molar-refractivity contribution is -0.122. The maximum absolute atomic E-state index is 13.8. The second-order valence-corrected chi connectivity index (χ2v) is 11.6. The fourth-order valence-electron chi connectivity index (χ4n) is 4.93. The minimum absolute atomic E-state index is 0.266. The number of halogens is 1. The van der Waals surface area contributed by atoms with Gasteiger partial charge in [-0.25, -0.2) is 4.90 Å². The van der Waals surface area contributed by atoms with Gasteiger partial charge in [0.25, 0.3) is 5.91 Å². The van der Waals surface area contributed by atoms with E-state index in [1.807, 2.05) is 6.07 Å². The van der Waals surface area contributed by atoms with E-state index in [-0.39, 0.29) is 29.2 Å². The Kier molecular flexibility index (Phi) is 6.76. The zero-order valence-corrected chi connectivity index (χ0v) is 22.5. The van der Waals surface area contributed by atoms with Gasteiger partial charge in [-0.15, -0.1) is 0 Å². The number of rotatable bonds is 6. The van der Waals surface area contributed by atoms with E-state index in [0.717, 1.165) is 11.3 Å². The van der Waals surface area contributed by atoms with Crippen molar-refractivity contribution in [1.29, 1.82) is 0 Å². The molecule has 0 unspecified atom stereocenters. The molecular weight excluding hydrogens is 558 g/mol. The summed E-state index contributed by atoms with van der Waals surface area (Å²) in [4.78, 5) is 56.8. The van der Waals surface area contributed by atoms with E-state index in [1.165, 1.54) is 16.7 Å². The number of aromatic amines is 1. The number of nitrogens with one attached hydrogen (secondary N) is 2. The van der Waals surface area contributed by atoms with Crippen molar-refractivity contribution < 1.29 is 19.1 Å². The second kappa shape index (κ2) is 10.4. The first-order chi connectivity index (χ1) is 18.9. The van der Waals surface area contributed by atoms with Gasteiger partial charge in [-0.1, -0.05) is 71.1 Å². The molecule has 3 heterocycles. The van der Waals surface area contributed by atoms with E-state index in [9.17, 15) is 19.2 Å². The summed E-state index contributed by atoms with van der Waals surface area (Å²) >= 11 is 8.14. The number of imide groups is 1. The molecule has 3 aromatic carbocycles. The van der Waals surface area contributed by atoms with Crippen LogP contribution in [0.4, 0.5) is 11.4 Å². The standard InChI is InChI=1S/C28H20ClN3O5S2/c29-15-10-12-16(13-11-15)30-20(33)14-37-19-9-5-4-8-18(19)21-22-24(38-25-23(21)39-28(36)31-25)27(35)32(26(22)34)17-6-2-1-3-7-17/h1-13,21-22,24H,14H2,(H,30,33)(H,31,36)/t21-,22-,24+/m0/s1. The van der Waals surface area contributed by atoms with Crippen molar-refractivity contribution in [2.24, 2.45) is 5.92 Å². The minimum Gasteiger partial charge on any atom is -0.483 e. The number of ether oxygens (including phenoxy) is 1. The lowest BCUT2D eigenvalue weighted by atomic mass is 9.82. The van der Waals surface area contributed by atoms with Crippen LogP contribution in [0.3, 0.4) is 0 Å². The van der Waals surface area contributed by atoms with Crippen LogP contribution in [0, 0.1) is 5.92 Å². The maximum atomic E-state index is 13.8. The highest BCUT2D eigenvalue weighted by molar-refractivity contribution is 8.00. The Morgan fingerprint density at radius 3 is 2.44 bits per heavy atom. The molecule has 0 radical (unpaired) electrons. The fourth-order valence-corrected chi connectivity index (χ4v) is 7.56. The topological polar surface area (TPSA) is 109 Å². The first-order valence-corrected chi connectivity index (χ1v) is 14.1. The Hall–Kier alpha value is -3.86. The van der Waals surface area contributed by atoms with Crippen molar-refractivity contribution in [1.82, 2.24) is 4.98 Å². The van der Waals surface area contributed by atoms with Gasteiger partial charge in [0, 0.05) is 27.1 Å². The number of hydrogen-bond donors (Lipinski definition) is 2. The van der Waals surface area contributed by atoms with Crippen LogP contribution in [0.25, 0.3) is 0 Å². The van der Waals surface area contributed by atoms with Crippen LogP contribution in [-0.4, -0.2) is 34.6 Å². The molecule has 1 aromatic heterocycles. The molecule has 2 N–H and O–H groups in total. The summed E-state index contributed by atoms with van der Waals surface area (Å²) in [5, 5.41) is 3.16. The molecule has 1 fully saturated rings. The lowest BCUT2D eigenvalue weighted by Crippen LogP contribution is -2.32. The van der Waals surface area contributed by atoms with Crippen LogP contribution in [0.5, 0.6) is 5.75 Å². The zero-order chi connectivity index (χ0) is 27.1. The number of carbonyl (C=O) groups excluding carboxylic acids is 3. The summed E-state index contributed by atoms with van der Waals surface area (Å²) in [6.07, 6.45) is 0. The number of carbonyl (C=O) groups is 3. The molecule has 2 aliphatic rings. The van der Waals surface area contributed by atoms with Crippen LogP contribution in [0.1, 0.15) is 16.4 Å². The number of nitrogens with zero attached hydrogens (tertiary/aromatic N) is 1. The highest BCUT2D eigenvalue weighted by Gasteiger charge is 2.56. The molecule has 6 rings (SSSR count). The summed E-state index contributed by atoms with van der Waals surface area (Å²) in [5.74, 6) is -2.02. The van der Waals surface area contributed by atoms with Crippen molar-refractivity contribution in [2.45, 2.75) is 16.2 Å². The molecule has 3 amide bonds. The normalized spacial score (nSPS) is 19.9. The number of thiazole rings is 1. The number of benzene rings is 3. The van der Waals surface area contributed by atoms with Gasteiger partial charge in [-0.2, -0.15) is 0 Å². The molecule has 0 spiro atoms. The fraction of sp³-hybridized carbons (Fsp3) is 0.143. The van der Waals surface area contributed by atoms with Crippen LogP contribution >= 0.6 is 34.7 Å². The third kappa shape index (κ3) is 4.75. The largest absolute Gasteiger partial charge is 0.483 e. The molecule has 3 atom stereocenters. The first-order valence-electron chi connectivity index (χ1n) is 12.0. The third-order valence-corrected chi connectivity index (χ3v) is 9.23. The molecule has 39 heavy (non-hydrogen) atoms. The van der Waals surface area contributed by atoms with Gasteiger partial charge < -0.3 is 15.0 Å². The summed E-state index contributed by atoms with van der Waals surface area (Å²) in [6.45, 7) is -0.283. The predicted octanol–water partition coefficient (Wildman–Crippen LogP) is 4.90. The van der Waals surface area contributed by atoms with E-state index >= 15 is 0 Å². The molecule has 196 valence electrons. The number of para-hydroxylation sites is 2. The molecule has 0 saturated carbocycles. The number of amides is 3. The third-order valence-electron chi connectivity index (χ3n) is 6.58. The number of H-pyrrole nitrogens is 1. The van der Waals surface area contributed by atoms with E-state index in [2.05, 4.69) is 10.3 Å². The quantitative estimate of drug-likeness (QED) is 0.316. The van der Waals surface area contributed by atoms with Gasteiger partial charge in [-0.3, -0.25) is 19.2 Å². The Bertz CT molecular complexity index is 1640. The highest BCUT2D eigenvalue weighted by Crippen LogP contribution is 2.54. The predicted molar refractivity (Wildman–Crippen MR) is 151 cm³/mol. The SMILES string of the molecule is O=C(COc1ccccc1[C@@H]1c2sc(=O)[nH]c2S[C@H]2C(=O)N(c3ccccc3)C(=O)[C@@H]12)Nc1ccc(Cl)cc1. The first kappa shape index (κ1) is 25.4. The van der Waals surface area contributed by atoms with Crippen molar-refractivity contribution in [3.8, 4) is 5.75 Å². The van der Waals surface area contributed by atoms with E-state index in [1.54, 1.807) is 72.8 Å². The second-order valence-electron chi connectivity index (χ2n) is 8.98. The number of hydrogen-bond acceptors (Lipinski definition) is 7. The maximum Gasteiger partial charge on any atom is 0.305 e. The molecule has 2 aliphatic heterocycles. The van der Waals surface area contributed by atoms with Gasteiger partial charge in [0.05, 0.1) is 16.6 Å². The van der Waals surface area contributed by atoms with Crippen molar-refractivity contribution in [3.05, 3.63) is 104 Å². The summed E-state index contributed by atoms with van der Waals surface area (Å²) in [6, 6.07) is 22.6. The number of anilines is 2. The molecule has 4 aromatic rings. The summed E-state index contributed by atoms with van der Waals surface area (Å²) < 4.78 is 5.95. The number of thioether (sulfide) groups is 1. The number of aromatic nitrogens is 1. The average molecular weight is 578 g/mol. The highest BCUT2D eigenvalue weighted by atomic mass is 35.5. The van der Waals surface area contributed by atoms with E-state index in [0.29, 0.717) is 37.6 Å². The van der Waals surface area contributed by atoms with Gasteiger partial charge in [0.1, 0.15) is 11.0 Å². The number of fused-ring (bicyclic) bond motifs is 2. The molecule has 11 heteroatoms. The van der Waals surface area contributed by atoms with Gasteiger partial charge >= 0.3 is 4.87 Å². The van der Waals surface area contributed by atoms with Crippen molar-refractivity contribution in [2.75, 3.05) is 16.8 Å². The Labute approximate surface area is 236 Å². The van der Waals surface area contributed by atoms with Gasteiger partial charge in [0.15, 0.2) is 6.61 Å². The average Bonchev–Trinajstić information content (AvgIpc) is 3.43. The summed E-state index contributed by atoms with van der Waals surface area (Å²) in [7, 11) is 0. The Morgan fingerprint density at radius 2 is 1.67 bits per heavy atom. The molecule has 8 nitrogen and oxygen atoms in total. The summed E-state index contributed by atoms with van der Waals surface area (Å²) in [5.41, 5.74) is 1.70. The van der Waals surface area contributed by atoms with Gasteiger partial charge in [0.2, 0.25) is 11.8 Å². The van der Waals surface area contributed by atoms with Crippen LogP contribution in [0.2, 0.25) is 5.02 Å².